The van der Waals surface area contributed by atoms with Crippen molar-refractivity contribution in [3.05, 3.63) is 52.2 Å². The lowest BCUT2D eigenvalue weighted by molar-refractivity contribution is 0.200. The van der Waals surface area contributed by atoms with Crippen LogP contribution in [0.3, 0.4) is 0 Å². The van der Waals surface area contributed by atoms with Crippen LogP contribution in [0.5, 0.6) is 5.75 Å². The highest BCUT2D eigenvalue weighted by Crippen LogP contribution is 2.28. The smallest absolute Gasteiger partial charge is 0.162 e. The fraction of sp³-hybridized carbons (Fsp3) is 0.231. The van der Waals surface area contributed by atoms with E-state index in [2.05, 4.69) is 0 Å². The fourth-order valence-electron chi connectivity index (χ4n) is 1.60. The van der Waals surface area contributed by atoms with E-state index in [1.54, 1.807) is 11.3 Å². The van der Waals surface area contributed by atoms with Gasteiger partial charge in [-0.25, -0.2) is 8.78 Å². The molecule has 1 unspecified atom stereocenters. The molecule has 5 heteroatoms. The normalized spacial score (nSPS) is 12.4. The predicted molar refractivity (Wildman–Crippen MR) is 67.7 cm³/mol. The van der Waals surface area contributed by atoms with Crippen molar-refractivity contribution in [3.63, 3.8) is 0 Å². The van der Waals surface area contributed by atoms with Crippen LogP contribution in [0, 0.1) is 11.6 Å². The first-order valence-corrected chi connectivity index (χ1v) is 6.44. The Morgan fingerprint density at radius 1 is 1.22 bits per heavy atom. The summed E-state index contributed by atoms with van der Waals surface area (Å²) >= 11 is 1.55. The number of thiophene rings is 1. The number of halogens is 2. The molecule has 0 radical (unpaired) electrons. The van der Waals surface area contributed by atoms with Crippen molar-refractivity contribution in [2.24, 2.45) is 5.73 Å². The number of nitrogens with two attached hydrogens (primary N) is 1. The van der Waals surface area contributed by atoms with Crippen LogP contribution in [0.1, 0.15) is 17.4 Å². The van der Waals surface area contributed by atoms with Gasteiger partial charge in [0.2, 0.25) is 0 Å². The van der Waals surface area contributed by atoms with Gasteiger partial charge in [0.25, 0.3) is 0 Å². The lowest BCUT2D eigenvalue weighted by Crippen LogP contribution is -2.12. The Bertz CT molecular complexity index is 502. The zero-order valence-electron chi connectivity index (χ0n) is 9.61. The average molecular weight is 269 g/mol. The van der Waals surface area contributed by atoms with Crippen LogP contribution >= 0.6 is 11.3 Å². The van der Waals surface area contributed by atoms with Gasteiger partial charge in [-0.05, 0) is 30.1 Å². The van der Waals surface area contributed by atoms with Crippen molar-refractivity contribution in [1.29, 1.82) is 0 Å². The maximum atomic E-state index is 13.1. The number of hydrogen-bond donors (Lipinski definition) is 1. The summed E-state index contributed by atoms with van der Waals surface area (Å²) in [6.45, 7) is 0.465. The van der Waals surface area contributed by atoms with Gasteiger partial charge in [-0.3, -0.25) is 0 Å². The standard InChI is InChI=1S/C13H13F2NOS/c14-10-4-3-9(8-11(10)15)17-12(5-6-16)13-2-1-7-18-13/h1-4,7-8,12H,5-6,16H2. The lowest BCUT2D eigenvalue weighted by atomic mass is 10.2. The van der Waals surface area contributed by atoms with Crippen molar-refractivity contribution < 1.29 is 13.5 Å². The van der Waals surface area contributed by atoms with E-state index in [1.165, 1.54) is 6.07 Å². The minimum atomic E-state index is -0.912. The lowest BCUT2D eigenvalue weighted by Gasteiger charge is -2.17. The van der Waals surface area contributed by atoms with Crippen LogP contribution < -0.4 is 10.5 Å². The maximum Gasteiger partial charge on any atom is 0.162 e. The molecule has 0 amide bonds. The zero-order valence-corrected chi connectivity index (χ0v) is 10.4. The highest BCUT2D eigenvalue weighted by molar-refractivity contribution is 7.10. The number of rotatable bonds is 5. The summed E-state index contributed by atoms with van der Waals surface area (Å²) in [5.74, 6) is -1.49. The molecule has 1 atom stereocenters. The van der Waals surface area contributed by atoms with Gasteiger partial charge < -0.3 is 10.5 Å². The van der Waals surface area contributed by atoms with Gasteiger partial charge in [-0.15, -0.1) is 11.3 Å². The summed E-state index contributed by atoms with van der Waals surface area (Å²) < 4.78 is 31.5. The van der Waals surface area contributed by atoms with Gasteiger partial charge in [-0.1, -0.05) is 6.07 Å². The molecule has 0 aliphatic heterocycles. The van der Waals surface area contributed by atoms with Crippen molar-refractivity contribution in [2.75, 3.05) is 6.54 Å². The molecule has 0 spiro atoms. The number of ether oxygens (including phenoxy) is 1. The minimum absolute atomic E-state index is 0.222. The van der Waals surface area contributed by atoms with Crippen molar-refractivity contribution in [3.8, 4) is 5.75 Å². The molecule has 2 aromatic rings. The predicted octanol–water partition coefficient (Wildman–Crippen LogP) is 3.50. The van der Waals surface area contributed by atoms with Gasteiger partial charge >= 0.3 is 0 Å². The van der Waals surface area contributed by atoms with E-state index < -0.39 is 11.6 Å². The third-order valence-corrected chi connectivity index (χ3v) is 3.42. The van der Waals surface area contributed by atoms with Crippen LogP contribution in [0.25, 0.3) is 0 Å². The second kappa shape index (κ2) is 5.93. The minimum Gasteiger partial charge on any atom is -0.485 e. The average Bonchev–Trinajstić information content (AvgIpc) is 2.87. The Morgan fingerprint density at radius 2 is 2.06 bits per heavy atom. The van der Waals surface area contributed by atoms with E-state index in [0.29, 0.717) is 18.7 Å². The van der Waals surface area contributed by atoms with Crippen LogP contribution in [-0.4, -0.2) is 6.54 Å². The summed E-state index contributed by atoms with van der Waals surface area (Å²) in [4.78, 5) is 1.02. The Balaban J connectivity index is 2.16. The van der Waals surface area contributed by atoms with Crippen LogP contribution in [0.2, 0.25) is 0 Å². The van der Waals surface area contributed by atoms with Gasteiger partial charge in [0, 0.05) is 17.4 Å². The molecular weight excluding hydrogens is 256 g/mol. The van der Waals surface area contributed by atoms with Crippen LogP contribution in [0.15, 0.2) is 35.7 Å². The second-order valence-electron chi connectivity index (χ2n) is 3.78. The molecule has 0 aliphatic carbocycles. The molecule has 0 saturated heterocycles. The third kappa shape index (κ3) is 3.05. The Labute approximate surface area is 108 Å². The molecule has 96 valence electrons. The molecule has 2 rings (SSSR count). The fourth-order valence-corrected chi connectivity index (χ4v) is 2.39. The summed E-state index contributed by atoms with van der Waals surface area (Å²) in [5.41, 5.74) is 5.53. The first-order valence-electron chi connectivity index (χ1n) is 5.56. The topological polar surface area (TPSA) is 35.2 Å². The Morgan fingerprint density at radius 3 is 2.67 bits per heavy atom. The summed E-state index contributed by atoms with van der Waals surface area (Å²) in [7, 11) is 0. The highest BCUT2D eigenvalue weighted by Gasteiger charge is 2.14. The van der Waals surface area contributed by atoms with Gasteiger partial charge in [0.15, 0.2) is 11.6 Å². The highest BCUT2D eigenvalue weighted by atomic mass is 32.1. The van der Waals surface area contributed by atoms with E-state index in [1.807, 2.05) is 17.5 Å². The summed E-state index contributed by atoms with van der Waals surface area (Å²) in [5, 5.41) is 1.94. The molecule has 1 aromatic heterocycles. The zero-order chi connectivity index (χ0) is 13.0. The monoisotopic (exact) mass is 269 g/mol. The van der Waals surface area contributed by atoms with Gasteiger partial charge in [-0.2, -0.15) is 0 Å². The SMILES string of the molecule is NCCC(Oc1ccc(F)c(F)c1)c1cccs1. The Hall–Kier alpha value is -1.46. The molecule has 0 aliphatic rings. The van der Waals surface area contributed by atoms with Crippen molar-refractivity contribution in [2.45, 2.75) is 12.5 Å². The van der Waals surface area contributed by atoms with Crippen molar-refractivity contribution >= 4 is 11.3 Å². The van der Waals surface area contributed by atoms with Crippen molar-refractivity contribution in [1.82, 2.24) is 0 Å². The molecular formula is C13H13F2NOS. The maximum absolute atomic E-state index is 13.1. The molecule has 0 saturated carbocycles. The quantitative estimate of drug-likeness (QED) is 0.901. The van der Waals surface area contributed by atoms with E-state index in [9.17, 15) is 8.78 Å². The van der Waals surface area contributed by atoms with Crippen LogP contribution in [0.4, 0.5) is 8.78 Å². The molecule has 1 heterocycles. The first-order chi connectivity index (χ1) is 8.70. The molecule has 1 aromatic carbocycles. The summed E-state index contributed by atoms with van der Waals surface area (Å²) in [6, 6.07) is 7.36. The molecule has 0 fully saturated rings. The molecule has 18 heavy (non-hydrogen) atoms. The first kappa shape index (κ1) is 13.0. The van der Waals surface area contributed by atoms with E-state index in [-0.39, 0.29) is 6.10 Å². The molecule has 2 N–H and O–H groups in total. The van der Waals surface area contributed by atoms with E-state index in [0.717, 1.165) is 17.0 Å². The third-order valence-electron chi connectivity index (χ3n) is 2.46. The van der Waals surface area contributed by atoms with Gasteiger partial charge in [0.1, 0.15) is 11.9 Å². The Kier molecular flexibility index (Phi) is 4.28. The summed E-state index contributed by atoms with van der Waals surface area (Å²) in [6.07, 6.45) is 0.402. The second-order valence-corrected chi connectivity index (χ2v) is 4.75. The van der Waals surface area contributed by atoms with Gasteiger partial charge in [0.05, 0.1) is 0 Å². The van der Waals surface area contributed by atoms with E-state index >= 15 is 0 Å². The molecule has 2 nitrogen and oxygen atoms in total. The van der Waals surface area contributed by atoms with Crippen LogP contribution in [-0.2, 0) is 0 Å². The number of hydrogen-bond acceptors (Lipinski definition) is 3. The molecule has 0 bridgehead atoms. The largest absolute Gasteiger partial charge is 0.485 e. The van der Waals surface area contributed by atoms with E-state index in [4.69, 9.17) is 10.5 Å². The number of benzene rings is 1.